The van der Waals surface area contributed by atoms with Gasteiger partial charge in [-0.3, -0.25) is 4.79 Å². The minimum absolute atomic E-state index is 0.0513. The molecule has 0 radical (unpaired) electrons. The molecule has 4 aliphatic rings. The van der Waals surface area contributed by atoms with Crippen LogP contribution in [0.3, 0.4) is 0 Å². The lowest BCUT2D eigenvalue weighted by molar-refractivity contribution is -0.137. The number of likely N-dealkylation sites (tertiary alicyclic amines) is 3. The Hall–Kier alpha value is -3.52. The summed E-state index contributed by atoms with van der Waals surface area (Å²) in [4.78, 5) is 48.4. The van der Waals surface area contributed by atoms with Crippen LogP contribution >= 0.6 is 15.9 Å². The molecule has 0 saturated carbocycles. The molecule has 1 atom stereocenters. The first-order chi connectivity index (χ1) is 23.9. The molecule has 5 amide bonds. The van der Waals surface area contributed by atoms with Gasteiger partial charge in [-0.2, -0.15) is 13.2 Å². The number of hydrogen-bond acceptors (Lipinski definition) is 5. The van der Waals surface area contributed by atoms with Crippen LogP contribution < -0.4 is 16.4 Å². The fourth-order valence-electron chi connectivity index (χ4n) is 8.13. The number of carbonyl (C=O) groups excluding carboxylic acids is 3. The number of anilines is 2. The van der Waals surface area contributed by atoms with Crippen LogP contribution in [-0.2, 0) is 23.8 Å². The summed E-state index contributed by atoms with van der Waals surface area (Å²) in [6, 6.07) is 8.49. The Kier molecular flexibility index (Phi) is 11.2. The third kappa shape index (κ3) is 8.33. The van der Waals surface area contributed by atoms with E-state index in [1.165, 1.54) is 6.07 Å². The number of para-hydroxylation sites is 1. The van der Waals surface area contributed by atoms with Crippen molar-refractivity contribution in [2.75, 3.05) is 63.9 Å². The van der Waals surface area contributed by atoms with Crippen molar-refractivity contribution in [1.82, 2.24) is 24.9 Å². The highest BCUT2D eigenvalue weighted by atomic mass is 79.9. The van der Waals surface area contributed by atoms with E-state index in [1.807, 2.05) is 29.2 Å². The first-order valence-corrected chi connectivity index (χ1v) is 18.5. The van der Waals surface area contributed by atoms with Crippen molar-refractivity contribution in [1.29, 1.82) is 0 Å². The third-order valence-corrected chi connectivity index (χ3v) is 11.8. The number of nitrogens with one attached hydrogen (secondary N) is 2. The Morgan fingerprint density at radius 2 is 1.56 bits per heavy atom. The number of nitrogens with zero attached hydrogens (tertiary/aromatic N) is 4. The maximum atomic E-state index is 14.1. The molecule has 50 heavy (non-hydrogen) atoms. The summed E-state index contributed by atoms with van der Waals surface area (Å²) in [6.07, 6.45) is 1.10. The monoisotopic (exact) mass is 761 g/mol. The van der Waals surface area contributed by atoms with Crippen molar-refractivity contribution in [3.63, 3.8) is 0 Å². The number of rotatable bonds is 6. The van der Waals surface area contributed by atoms with Crippen LogP contribution in [0.4, 0.5) is 34.1 Å². The zero-order chi connectivity index (χ0) is 35.6. The predicted molar refractivity (Wildman–Crippen MR) is 190 cm³/mol. The van der Waals surface area contributed by atoms with E-state index in [-0.39, 0.29) is 34.4 Å². The van der Waals surface area contributed by atoms with E-state index < -0.39 is 29.5 Å². The minimum Gasteiger partial charge on any atom is -0.397 e. The molecule has 3 saturated heterocycles. The number of halogens is 4. The van der Waals surface area contributed by atoms with Gasteiger partial charge in [0, 0.05) is 55.3 Å². The van der Waals surface area contributed by atoms with Crippen LogP contribution in [0.1, 0.15) is 55.2 Å². The molecule has 0 aliphatic carbocycles. The molecule has 10 nitrogen and oxygen atoms in total. The average molecular weight is 763 g/mol. The molecule has 0 bridgehead atoms. The largest absolute Gasteiger partial charge is 0.418 e. The maximum Gasteiger partial charge on any atom is 0.418 e. The fourth-order valence-corrected chi connectivity index (χ4v) is 8.64. The summed E-state index contributed by atoms with van der Waals surface area (Å²) in [5.41, 5.74) is 6.49. The van der Waals surface area contributed by atoms with Crippen LogP contribution in [-0.4, -0.2) is 103 Å². The molecule has 6 rings (SSSR count). The van der Waals surface area contributed by atoms with Gasteiger partial charge < -0.3 is 36.0 Å². The second-order valence-electron chi connectivity index (χ2n) is 14.3. The predicted octanol–water partition coefficient (Wildman–Crippen LogP) is 5.81. The van der Waals surface area contributed by atoms with E-state index in [1.54, 1.807) is 9.80 Å². The molecule has 0 aromatic heterocycles. The molecule has 272 valence electrons. The van der Waals surface area contributed by atoms with Crippen LogP contribution in [0, 0.1) is 11.8 Å². The molecule has 14 heteroatoms. The topological polar surface area (TPSA) is 114 Å². The molecular formula is C36H47BrF3N7O3. The molecule has 0 spiro atoms. The van der Waals surface area contributed by atoms with Crippen molar-refractivity contribution < 1.29 is 27.6 Å². The molecule has 4 N–H and O–H groups in total. The molecule has 3 fully saturated rings. The van der Waals surface area contributed by atoms with Gasteiger partial charge in [0.2, 0.25) is 5.91 Å². The quantitative estimate of drug-likeness (QED) is 0.322. The van der Waals surface area contributed by atoms with Crippen molar-refractivity contribution in [2.24, 2.45) is 11.8 Å². The number of amides is 5. The fraction of sp³-hybridized carbons (Fsp3) is 0.583. The van der Waals surface area contributed by atoms with Crippen molar-refractivity contribution >= 4 is 45.3 Å². The lowest BCUT2D eigenvalue weighted by Gasteiger charge is -2.41. The van der Waals surface area contributed by atoms with E-state index in [0.29, 0.717) is 57.4 Å². The normalized spacial score (nSPS) is 21.0. The van der Waals surface area contributed by atoms with Gasteiger partial charge in [0.05, 0.1) is 11.3 Å². The first kappa shape index (κ1) is 36.3. The number of benzene rings is 2. The van der Waals surface area contributed by atoms with Gasteiger partial charge in [-0.25, -0.2) is 9.59 Å². The molecule has 2 aromatic rings. The summed E-state index contributed by atoms with van der Waals surface area (Å²) in [6.45, 7) is 4.58. The van der Waals surface area contributed by atoms with Crippen LogP contribution in [0.5, 0.6) is 0 Å². The summed E-state index contributed by atoms with van der Waals surface area (Å²) in [5.74, 6) is 0.868. The summed E-state index contributed by atoms with van der Waals surface area (Å²) >= 11 is 3.16. The van der Waals surface area contributed by atoms with Crippen molar-refractivity contribution in [3.05, 3.63) is 57.6 Å². The molecular weight excluding hydrogens is 715 g/mol. The summed E-state index contributed by atoms with van der Waals surface area (Å²) in [5, 5.41) is 5.91. The highest BCUT2D eigenvalue weighted by molar-refractivity contribution is 9.10. The second-order valence-corrected chi connectivity index (χ2v) is 15.1. The van der Waals surface area contributed by atoms with E-state index in [0.717, 1.165) is 62.5 Å². The average Bonchev–Trinajstić information content (AvgIpc) is 3.27. The Balaban J connectivity index is 1.12. The van der Waals surface area contributed by atoms with Gasteiger partial charge in [-0.15, -0.1) is 0 Å². The summed E-state index contributed by atoms with van der Waals surface area (Å²) < 4.78 is 41.7. The Morgan fingerprint density at radius 1 is 0.940 bits per heavy atom. The number of piperidine rings is 3. The number of carbonyl (C=O) groups is 3. The van der Waals surface area contributed by atoms with Crippen molar-refractivity contribution in [3.8, 4) is 0 Å². The van der Waals surface area contributed by atoms with E-state index in [9.17, 15) is 27.6 Å². The van der Waals surface area contributed by atoms with Gasteiger partial charge >= 0.3 is 18.2 Å². The number of alkyl halides is 3. The third-order valence-electron chi connectivity index (χ3n) is 11.1. The van der Waals surface area contributed by atoms with Gasteiger partial charge in [-0.1, -0.05) is 18.2 Å². The van der Waals surface area contributed by atoms with Crippen LogP contribution in [0.25, 0.3) is 0 Å². The van der Waals surface area contributed by atoms with Gasteiger partial charge in [-0.05, 0) is 122 Å². The van der Waals surface area contributed by atoms with Gasteiger partial charge in [0.25, 0.3) is 0 Å². The highest BCUT2D eigenvalue weighted by Crippen LogP contribution is 2.38. The lowest BCUT2D eigenvalue weighted by atomic mass is 9.79. The van der Waals surface area contributed by atoms with Gasteiger partial charge in [0.15, 0.2) is 0 Å². The lowest BCUT2D eigenvalue weighted by Crippen LogP contribution is -2.57. The highest BCUT2D eigenvalue weighted by Gasteiger charge is 2.38. The number of urea groups is 2. The van der Waals surface area contributed by atoms with E-state index in [2.05, 4.69) is 38.5 Å². The molecule has 2 aromatic carbocycles. The zero-order valence-electron chi connectivity index (χ0n) is 28.5. The smallest absolute Gasteiger partial charge is 0.397 e. The Labute approximate surface area is 300 Å². The Bertz CT molecular complexity index is 1550. The maximum absolute atomic E-state index is 14.1. The summed E-state index contributed by atoms with van der Waals surface area (Å²) in [7, 11) is 2.14. The molecule has 1 unspecified atom stereocenters. The minimum atomic E-state index is -4.68. The standard InChI is InChI=1S/C36H47BrF3N7O3/c1-44-13-6-24(7-14-44)25-8-15-45(16-9-25)33(48)31(22-23-20-28(36(38,39)40)32(41)29(37)21-23)43-34(49)46-17-11-27(12-18-46)47-19-10-26-4-2-3-5-30(26)42-35(47)50/h2-5,20-21,24-25,27,31H,6-19,22,41H2,1H3,(H,42,50)(H,43,49). The number of nitrogens with two attached hydrogens (primary N) is 1. The van der Waals surface area contributed by atoms with E-state index in [4.69, 9.17) is 5.73 Å². The molecule has 4 heterocycles. The number of nitrogen functional groups attached to an aromatic ring is 1. The van der Waals surface area contributed by atoms with Crippen LogP contribution in [0.15, 0.2) is 40.9 Å². The van der Waals surface area contributed by atoms with E-state index >= 15 is 0 Å². The second kappa shape index (κ2) is 15.4. The van der Waals surface area contributed by atoms with Crippen molar-refractivity contribution in [2.45, 2.75) is 69.6 Å². The SMILES string of the molecule is CN1CCC(C2CCN(C(=O)C(Cc3cc(Br)c(N)c(C(F)(F)F)c3)NC(=O)N3CCC(N4CCc5ccccc5NC4=O)CC3)CC2)CC1. The molecule has 4 aliphatic heterocycles. The Morgan fingerprint density at radius 3 is 2.22 bits per heavy atom. The van der Waals surface area contributed by atoms with Crippen LogP contribution in [0.2, 0.25) is 0 Å². The number of hydrogen-bond donors (Lipinski definition) is 3. The number of fused-ring (bicyclic) bond motifs is 1. The zero-order valence-corrected chi connectivity index (χ0v) is 30.1. The first-order valence-electron chi connectivity index (χ1n) is 17.7. The van der Waals surface area contributed by atoms with Gasteiger partial charge in [0.1, 0.15) is 6.04 Å².